The topological polar surface area (TPSA) is 81.2 Å². The van der Waals surface area contributed by atoms with Crippen molar-refractivity contribution in [2.75, 3.05) is 26.2 Å². The molecule has 2 bridgehead atoms. The van der Waals surface area contributed by atoms with E-state index in [1.165, 1.54) is 0 Å². The van der Waals surface area contributed by atoms with Crippen LogP contribution in [-0.2, 0) is 14.4 Å². The average Bonchev–Trinajstić information content (AvgIpc) is 3.54. The molecule has 7 atom stereocenters. The van der Waals surface area contributed by atoms with E-state index in [9.17, 15) is 14.7 Å². The van der Waals surface area contributed by atoms with Crippen LogP contribution in [0.25, 0.3) is 0 Å². The van der Waals surface area contributed by atoms with Crippen molar-refractivity contribution in [1.82, 2.24) is 14.7 Å². The lowest BCUT2D eigenvalue weighted by atomic mass is 9.70. The molecule has 3 aliphatic rings. The van der Waals surface area contributed by atoms with Gasteiger partial charge in [-0.2, -0.15) is 0 Å². The zero-order chi connectivity index (χ0) is 32.6. The van der Waals surface area contributed by atoms with E-state index < -0.39 is 34.2 Å². The molecule has 3 fully saturated rings. The molecule has 1 aromatic rings. The second-order valence-corrected chi connectivity index (χ2v) is 17.1. The van der Waals surface area contributed by atoms with Gasteiger partial charge < -0.3 is 19.8 Å². The number of thioether (sulfide) groups is 1. The summed E-state index contributed by atoms with van der Waals surface area (Å²) in [6.07, 6.45) is 5.59. The molecule has 0 saturated carbocycles. The molecule has 9 heteroatoms. The van der Waals surface area contributed by atoms with Crippen LogP contribution in [0.5, 0.6) is 0 Å². The van der Waals surface area contributed by atoms with Gasteiger partial charge in [0.2, 0.25) is 17.7 Å². The molecule has 1 aromatic carbocycles. The summed E-state index contributed by atoms with van der Waals surface area (Å²) in [7, 11) is 0. The summed E-state index contributed by atoms with van der Waals surface area (Å²) in [5, 5.41) is 10.7. The molecule has 3 saturated heterocycles. The van der Waals surface area contributed by atoms with Crippen molar-refractivity contribution in [2.24, 2.45) is 17.3 Å². The fourth-order valence-corrected chi connectivity index (χ4v) is 11.8. The number of nitrogens with zero attached hydrogens (tertiary/aromatic N) is 3. The zero-order valence-corrected chi connectivity index (χ0v) is 29.6. The van der Waals surface area contributed by atoms with Crippen molar-refractivity contribution in [3.05, 3.63) is 61.2 Å². The van der Waals surface area contributed by atoms with Crippen LogP contribution < -0.4 is 0 Å². The van der Waals surface area contributed by atoms with Gasteiger partial charge in [0.1, 0.15) is 6.04 Å². The highest BCUT2D eigenvalue weighted by molar-refractivity contribution is 9.09. The van der Waals surface area contributed by atoms with Crippen molar-refractivity contribution in [2.45, 2.75) is 93.3 Å². The molecule has 44 heavy (non-hydrogen) atoms. The van der Waals surface area contributed by atoms with Gasteiger partial charge in [-0.1, -0.05) is 86.1 Å². The molecule has 3 unspecified atom stereocenters. The quantitative estimate of drug-likeness (QED) is 0.208. The Kier molecular flexibility index (Phi) is 10.5. The third-order valence-corrected chi connectivity index (χ3v) is 12.6. The lowest BCUT2D eigenvalue weighted by Crippen LogP contribution is -2.61. The number of carbonyl (C=O) groups excluding carboxylic acids is 3. The normalized spacial score (nSPS) is 28.5. The van der Waals surface area contributed by atoms with Crippen molar-refractivity contribution in [3.8, 4) is 0 Å². The van der Waals surface area contributed by atoms with E-state index in [0.29, 0.717) is 26.1 Å². The van der Waals surface area contributed by atoms with E-state index in [1.54, 1.807) is 33.7 Å². The van der Waals surface area contributed by atoms with E-state index in [-0.39, 0.29) is 39.8 Å². The number of aliphatic hydroxyl groups excluding tert-OH is 1. The second kappa shape index (κ2) is 13.3. The minimum absolute atomic E-state index is 0.0345. The molecular formula is C35H50BrN3O4S. The number of hydrogen-bond acceptors (Lipinski definition) is 5. The van der Waals surface area contributed by atoms with Gasteiger partial charge in [0.25, 0.3) is 0 Å². The van der Waals surface area contributed by atoms with Crippen molar-refractivity contribution in [1.29, 1.82) is 0 Å². The standard InChI is InChI=1S/C35H50BrN3O4S/c1-9-17-37(18-10-2)30(41)26-27-31(42)39(25(21-40)23-15-13-12-14-16-23)29(35(27)20-24(36)28(26)44-35)32(43)38(19-11-3)34(7,8)22-33(4,5)6/h9,11-16,24-29,40H,1,3,10,17-22H2,2,4-8H3/t24?,25-,26-,27+,28-,29?,35?/m1/s1. The SMILES string of the molecule is C=CCN(CCC)C(=O)[C@H]1[C@@H]2SC3(CC2Br)C(C(=O)N(CC=C)C(C)(C)CC(C)(C)C)N([C@H](CO)c2ccccc2)C(=O)[C@H]13. The summed E-state index contributed by atoms with van der Waals surface area (Å²) in [6, 6.07) is 7.85. The summed E-state index contributed by atoms with van der Waals surface area (Å²) < 4.78 is -0.821. The molecule has 3 aliphatic heterocycles. The van der Waals surface area contributed by atoms with Gasteiger partial charge in [-0.25, -0.2) is 0 Å². The number of hydrogen-bond donors (Lipinski definition) is 1. The first kappa shape index (κ1) is 34.8. The molecule has 242 valence electrons. The number of likely N-dealkylation sites (tertiary alicyclic amines) is 1. The Labute approximate surface area is 276 Å². The Balaban J connectivity index is 1.90. The van der Waals surface area contributed by atoms with Crippen molar-refractivity contribution >= 4 is 45.4 Å². The molecule has 1 spiro atoms. The lowest BCUT2D eigenvalue weighted by molar-refractivity contribution is -0.149. The van der Waals surface area contributed by atoms with E-state index in [1.807, 2.05) is 42.2 Å². The number of amides is 3. The minimum Gasteiger partial charge on any atom is -0.394 e. The summed E-state index contributed by atoms with van der Waals surface area (Å²) in [5.74, 6) is -1.69. The van der Waals surface area contributed by atoms with Gasteiger partial charge in [0.05, 0.1) is 29.2 Å². The number of fused-ring (bicyclic) bond motifs is 1. The maximum absolute atomic E-state index is 15.2. The second-order valence-electron chi connectivity index (χ2n) is 14.4. The van der Waals surface area contributed by atoms with Crippen molar-refractivity contribution in [3.63, 3.8) is 0 Å². The zero-order valence-electron chi connectivity index (χ0n) is 27.2. The maximum atomic E-state index is 15.2. The van der Waals surface area contributed by atoms with E-state index >= 15 is 4.79 Å². The van der Waals surface area contributed by atoms with E-state index in [4.69, 9.17) is 0 Å². The van der Waals surface area contributed by atoms with Gasteiger partial charge in [-0.05, 0) is 44.1 Å². The minimum atomic E-state index is -0.858. The first-order valence-electron chi connectivity index (χ1n) is 15.8. The van der Waals surface area contributed by atoms with Gasteiger partial charge in [-0.3, -0.25) is 14.4 Å². The van der Waals surface area contributed by atoms with Crippen LogP contribution in [0.15, 0.2) is 55.6 Å². The lowest BCUT2D eigenvalue weighted by Gasteiger charge is -2.46. The summed E-state index contributed by atoms with van der Waals surface area (Å²) in [5.41, 5.74) is 0.166. The molecule has 3 amide bonds. The maximum Gasteiger partial charge on any atom is 0.247 e. The molecule has 1 N–H and O–H groups in total. The number of aliphatic hydroxyl groups is 1. The van der Waals surface area contributed by atoms with E-state index in [0.717, 1.165) is 18.4 Å². The smallest absolute Gasteiger partial charge is 0.247 e. The highest BCUT2D eigenvalue weighted by Gasteiger charge is 2.76. The van der Waals surface area contributed by atoms with Crippen LogP contribution in [0.1, 0.15) is 72.4 Å². The van der Waals surface area contributed by atoms with Crippen LogP contribution in [0.2, 0.25) is 0 Å². The number of halogens is 1. The summed E-state index contributed by atoms with van der Waals surface area (Å²) in [6.45, 7) is 21.5. The average molecular weight is 689 g/mol. The third kappa shape index (κ3) is 6.17. The molecule has 0 aromatic heterocycles. The van der Waals surface area contributed by atoms with Crippen LogP contribution >= 0.6 is 27.7 Å². The van der Waals surface area contributed by atoms with Crippen LogP contribution in [0, 0.1) is 17.3 Å². The number of alkyl halides is 1. The Morgan fingerprint density at radius 1 is 1.14 bits per heavy atom. The number of benzene rings is 1. The molecule has 0 radical (unpaired) electrons. The molecule has 4 rings (SSSR count). The van der Waals surface area contributed by atoms with Crippen LogP contribution in [0.3, 0.4) is 0 Å². The highest BCUT2D eigenvalue weighted by Crippen LogP contribution is 2.69. The first-order chi connectivity index (χ1) is 20.7. The highest BCUT2D eigenvalue weighted by atomic mass is 79.9. The molecule has 3 heterocycles. The van der Waals surface area contributed by atoms with Gasteiger partial charge in [0, 0.05) is 35.3 Å². The van der Waals surface area contributed by atoms with Gasteiger partial charge in [-0.15, -0.1) is 24.9 Å². The predicted octanol–water partition coefficient (Wildman–Crippen LogP) is 5.84. The van der Waals surface area contributed by atoms with Gasteiger partial charge in [0.15, 0.2) is 0 Å². The molecule has 0 aliphatic carbocycles. The van der Waals surface area contributed by atoms with Crippen LogP contribution in [-0.4, -0.2) is 90.2 Å². The Morgan fingerprint density at radius 3 is 2.32 bits per heavy atom. The van der Waals surface area contributed by atoms with Gasteiger partial charge >= 0.3 is 0 Å². The van der Waals surface area contributed by atoms with E-state index in [2.05, 4.69) is 63.7 Å². The van der Waals surface area contributed by atoms with Crippen molar-refractivity contribution < 1.29 is 19.5 Å². The molecule has 7 nitrogen and oxygen atoms in total. The largest absolute Gasteiger partial charge is 0.394 e. The monoisotopic (exact) mass is 687 g/mol. The summed E-state index contributed by atoms with van der Waals surface area (Å²) >= 11 is 5.53. The van der Waals surface area contributed by atoms with Crippen LogP contribution in [0.4, 0.5) is 0 Å². The first-order valence-corrected chi connectivity index (χ1v) is 17.6. The number of rotatable bonds is 13. The predicted molar refractivity (Wildman–Crippen MR) is 182 cm³/mol. The fraction of sp³-hybridized carbons (Fsp3) is 0.629. The number of carbonyl (C=O) groups is 3. The Bertz CT molecular complexity index is 1250. The Hall–Kier alpha value is -2.10. The molecular weight excluding hydrogens is 638 g/mol. The third-order valence-electron chi connectivity index (χ3n) is 9.37. The fourth-order valence-electron chi connectivity index (χ4n) is 8.23. The Morgan fingerprint density at radius 2 is 1.77 bits per heavy atom. The summed E-state index contributed by atoms with van der Waals surface area (Å²) in [4.78, 5) is 49.7.